The molecule has 5 heteroatoms. The zero-order valence-corrected chi connectivity index (χ0v) is 7.30. The van der Waals surface area contributed by atoms with Crippen molar-refractivity contribution >= 4 is 23.4 Å². The van der Waals surface area contributed by atoms with Gasteiger partial charge in [0.05, 0.1) is 17.5 Å². The van der Waals surface area contributed by atoms with Gasteiger partial charge in [0.15, 0.2) is 0 Å². The third kappa shape index (κ3) is 2.42. The number of hydrogen-bond acceptors (Lipinski definition) is 4. The van der Waals surface area contributed by atoms with Gasteiger partial charge < -0.3 is 4.74 Å². The van der Waals surface area contributed by atoms with E-state index in [1.807, 2.05) is 13.8 Å². The minimum atomic E-state index is -0.374. The van der Waals surface area contributed by atoms with Gasteiger partial charge in [-0.15, -0.1) is 0 Å². The Hall–Kier alpha value is -0.710. The maximum absolute atomic E-state index is 11.0. The van der Waals surface area contributed by atoms with Crippen LogP contribution in [-0.2, 0) is 4.74 Å². The highest BCUT2D eigenvalue weighted by Gasteiger charge is 2.17. The van der Waals surface area contributed by atoms with E-state index in [-0.39, 0.29) is 12.2 Å². The van der Waals surface area contributed by atoms with Gasteiger partial charge >= 0.3 is 6.09 Å². The van der Waals surface area contributed by atoms with Crippen molar-refractivity contribution in [2.24, 2.45) is 5.10 Å². The Kier molecular flexibility index (Phi) is 2.76. The number of carbonyl (C=O) groups excluding carboxylic acids is 1. The second-order valence-electron chi connectivity index (χ2n) is 2.35. The standard InChI is InChI=1S/C6H10N2O2S/c1-5(2)10-6(9)8-4-11-3-7-8/h3,5H,4H2,1-2H3. The number of ether oxygens (including phenoxy) is 1. The van der Waals surface area contributed by atoms with Crippen molar-refractivity contribution in [2.75, 3.05) is 5.88 Å². The smallest absolute Gasteiger partial charge is 0.431 e. The van der Waals surface area contributed by atoms with Crippen LogP contribution < -0.4 is 0 Å². The van der Waals surface area contributed by atoms with Gasteiger partial charge in [-0.3, -0.25) is 0 Å². The predicted molar refractivity (Wildman–Crippen MR) is 44.4 cm³/mol. The first kappa shape index (κ1) is 8.39. The van der Waals surface area contributed by atoms with E-state index in [2.05, 4.69) is 5.10 Å². The number of hydrogen-bond donors (Lipinski definition) is 0. The van der Waals surface area contributed by atoms with Crippen LogP contribution in [0.2, 0.25) is 0 Å². The lowest BCUT2D eigenvalue weighted by Gasteiger charge is -2.13. The number of hydrazone groups is 1. The number of nitrogens with zero attached hydrogens (tertiary/aromatic N) is 2. The molecule has 0 radical (unpaired) electrons. The van der Waals surface area contributed by atoms with Crippen molar-refractivity contribution in [1.82, 2.24) is 5.01 Å². The lowest BCUT2D eigenvalue weighted by Crippen LogP contribution is -2.26. The van der Waals surface area contributed by atoms with E-state index in [4.69, 9.17) is 4.74 Å². The summed E-state index contributed by atoms with van der Waals surface area (Å²) in [6.45, 7) is 3.62. The van der Waals surface area contributed by atoms with Gasteiger partial charge in [-0.25, -0.2) is 4.79 Å². The van der Waals surface area contributed by atoms with Crippen molar-refractivity contribution in [3.8, 4) is 0 Å². The Labute approximate surface area is 69.6 Å². The molecule has 0 fully saturated rings. The number of amides is 1. The van der Waals surface area contributed by atoms with Crippen LogP contribution in [0.5, 0.6) is 0 Å². The van der Waals surface area contributed by atoms with Crippen LogP contribution in [0.3, 0.4) is 0 Å². The summed E-state index contributed by atoms with van der Waals surface area (Å²) >= 11 is 1.47. The summed E-state index contributed by atoms with van der Waals surface area (Å²) in [6.07, 6.45) is -0.454. The molecule has 0 aliphatic carbocycles. The molecule has 11 heavy (non-hydrogen) atoms. The van der Waals surface area contributed by atoms with Gasteiger partial charge in [0.2, 0.25) is 0 Å². The van der Waals surface area contributed by atoms with E-state index in [0.717, 1.165) is 0 Å². The fourth-order valence-corrected chi connectivity index (χ4v) is 1.15. The molecule has 0 aromatic carbocycles. The summed E-state index contributed by atoms with van der Waals surface area (Å²) in [5, 5.41) is 5.08. The Balaban J connectivity index is 2.35. The van der Waals surface area contributed by atoms with Gasteiger partial charge in [0.1, 0.15) is 0 Å². The molecule has 0 atom stereocenters. The molecule has 0 saturated heterocycles. The Morgan fingerprint density at radius 2 is 2.55 bits per heavy atom. The van der Waals surface area contributed by atoms with Gasteiger partial charge in [-0.2, -0.15) is 10.1 Å². The molecular weight excluding hydrogens is 164 g/mol. The zero-order valence-electron chi connectivity index (χ0n) is 6.48. The van der Waals surface area contributed by atoms with Gasteiger partial charge in [-0.1, -0.05) is 11.8 Å². The van der Waals surface area contributed by atoms with Crippen molar-refractivity contribution in [3.05, 3.63) is 0 Å². The fourth-order valence-electron chi connectivity index (χ4n) is 0.590. The minimum absolute atomic E-state index is 0.0803. The molecular formula is C6H10N2O2S. The fraction of sp³-hybridized carbons (Fsp3) is 0.667. The van der Waals surface area contributed by atoms with E-state index < -0.39 is 0 Å². The highest BCUT2D eigenvalue weighted by atomic mass is 32.2. The predicted octanol–water partition coefficient (Wildman–Crippen LogP) is 1.48. The summed E-state index contributed by atoms with van der Waals surface area (Å²) in [5.74, 6) is 0.561. The SMILES string of the molecule is CC(C)OC(=O)N1CSC=N1. The highest BCUT2D eigenvalue weighted by molar-refractivity contribution is 8.12. The van der Waals surface area contributed by atoms with Crippen LogP contribution in [0.1, 0.15) is 13.8 Å². The molecule has 1 heterocycles. The molecule has 1 amide bonds. The second kappa shape index (κ2) is 3.61. The number of rotatable bonds is 1. The van der Waals surface area contributed by atoms with Crippen LogP contribution in [0.15, 0.2) is 5.10 Å². The van der Waals surface area contributed by atoms with Crippen LogP contribution in [0.4, 0.5) is 4.79 Å². The quantitative estimate of drug-likeness (QED) is 0.604. The van der Waals surface area contributed by atoms with E-state index in [1.54, 1.807) is 5.55 Å². The summed E-state index contributed by atoms with van der Waals surface area (Å²) in [4.78, 5) is 11.0. The van der Waals surface area contributed by atoms with E-state index in [9.17, 15) is 4.79 Å². The normalized spacial score (nSPS) is 16.1. The van der Waals surface area contributed by atoms with Gasteiger partial charge in [0, 0.05) is 0 Å². The molecule has 1 aliphatic heterocycles. The summed E-state index contributed by atoms with van der Waals surface area (Å²) in [6, 6.07) is 0. The monoisotopic (exact) mass is 174 g/mol. The van der Waals surface area contributed by atoms with Crippen LogP contribution in [0.25, 0.3) is 0 Å². The topological polar surface area (TPSA) is 41.9 Å². The summed E-state index contributed by atoms with van der Waals surface area (Å²) < 4.78 is 4.89. The van der Waals surface area contributed by atoms with Crippen molar-refractivity contribution < 1.29 is 9.53 Å². The van der Waals surface area contributed by atoms with Gasteiger partial charge in [-0.05, 0) is 13.8 Å². The number of carbonyl (C=O) groups is 1. The minimum Gasteiger partial charge on any atom is -0.445 e. The second-order valence-corrected chi connectivity index (χ2v) is 3.15. The summed E-state index contributed by atoms with van der Waals surface area (Å²) in [5.41, 5.74) is 1.63. The van der Waals surface area contributed by atoms with E-state index in [0.29, 0.717) is 5.88 Å². The van der Waals surface area contributed by atoms with E-state index in [1.165, 1.54) is 16.8 Å². The highest BCUT2D eigenvalue weighted by Crippen LogP contribution is 2.11. The third-order valence-corrected chi connectivity index (χ3v) is 1.64. The molecule has 0 unspecified atom stereocenters. The first-order valence-electron chi connectivity index (χ1n) is 3.32. The lowest BCUT2D eigenvalue weighted by molar-refractivity contribution is 0.0841. The van der Waals surface area contributed by atoms with Gasteiger partial charge in [0.25, 0.3) is 0 Å². The molecule has 62 valence electrons. The molecule has 0 saturated carbocycles. The first-order chi connectivity index (χ1) is 5.20. The van der Waals surface area contributed by atoms with Crippen LogP contribution >= 0.6 is 11.8 Å². The van der Waals surface area contributed by atoms with Crippen molar-refractivity contribution in [2.45, 2.75) is 20.0 Å². The molecule has 1 rings (SSSR count). The van der Waals surface area contributed by atoms with Crippen molar-refractivity contribution in [3.63, 3.8) is 0 Å². The molecule has 0 aromatic heterocycles. The summed E-state index contributed by atoms with van der Waals surface area (Å²) in [7, 11) is 0. The maximum Gasteiger partial charge on any atom is 0.431 e. The number of thioether (sulfide) groups is 1. The molecule has 1 aliphatic rings. The molecule has 0 spiro atoms. The molecule has 0 N–H and O–H groups in total. The molecule has 0 bridgehead atoms. The average molecular weight is 174 g/mol. The largest absolute Gasteiger partial charge is 0.445 e. The Bertz CT molecular complexity index is 181. The molecule has 4 nitrogen and oxygen atoms in total. The third-order valence-electron chi connectivity index (χ3n) is 1.01. The van der Waals surface area contributed by atoms with Crippen LogP contribution in [-0.4, -0.2) is 28.6 Å². The first-order valence-corrected chi connectivity index (χ1v) is 4.37. The zero-order chi connectivity index (χ0) is 8.27. The average Bonchev–Trinajstić information content (AvgIpc) is 2.35. The lowest BCUT2D eigenvalue weighted by atomic mass is 10.5. The Morgan fingerprint density at radius 3 is 3.00 bits per heavy atom. The Morgan fingerprint density at radius 1 is 1.82 bits per heavy atom. The van der Waals surface area contributed by atoms with Crippen LogP contribution in [0, 0.1) is 0 Å². The van der Waals surface area contributed by atoms with Crippen molar-refractivity contribution in [1.29, 1.82) is 0 Å². The van der Waals surface area contributed by atoms with E-state index >= 15 is 0 Å². The molecule has 0 aromatic rings. The maximum atomic E-state index is 11.0.